The summed E-state index contributed by atoms with van der Waals surface area (Å²) in [5.41, 5.74) is 0. The summed E-state index contributed by atoms with van der Waals surface area (Å²) in [5, 5.41) is 9.40. The lowest BCUT2D eigenvalue weighted by molar-refractivity contribution is -0.161. The van der Waals surface area contributed by atoms with Crippen LogP contribution in [0.4, 0.5) is 0 Å². The van der Waals surface area contributed by atoms with E-state index in [9.17, 15) is 14.7 Å². The zero-order valence-electron chi connectivity index (χ0n) is 9.76. The molecule has 0 spiro atoms. The standard InChI is InChI=1S/C11H12Cl3NO4/c12-11(13,14)10(18)19-5-15-8(16)6-3-1-2-4-7(6)9(15)17/h1-2,6-7,10,18H,3-5H2/t6-,7+,10-/m0/s1. The topological polar surface area (TPSA) is 66.8 Å². The first-order valence-electron chi connectivity index (χ1n) is 5.69. The van der Waals surface area contributed by atoms with Crippen LogP contribution in [0.25, 0.3) is 0 Å². The third-order valence-electron chi connectivity index (χ3n) is 3.24. The third-order valence-corrected chi connectivity index (χ3v) is 3.80. The second-order valence-electron chi connectivity index (χ2n) is 4.45. The number of imide groups is 1. The van der Waals surface area contributed by atoms with Gasteiger partial charge in [-0.25, -0.2) is 0 Å². The predicted octanol–water partition coefficient (Wildman–Crippen LogP) is 1.60. The van der Waals surface area contributed by atoms with Crippen LogP contribution in [-0.4, -0.2) is 38.6 Å². The number of aliphatic hydroxyl groups excluding tert-OH is 1. The fourth-order valence-electron chi connectivity index (χ4n) is 2.24. The molecule has 2 aliphatic rings. The van der Waals surface area contributed by atoms with E-state index in [0.717, 1.165) is 4.90 Å². The van der Waals surface area contributed by atoms with Crippen molar-refractivity contribution in [1.29, 1.82) is 0 Å². The molecule has 2 amide bonds. The van der Waals surface area contributed by atoms with Crippen LogP contribution < -0.4 is 0 Å². The zero-order valence-corrected chi connectivity index (χ0v) is 12.0. The number of alkyl halides is 3. The lowest BCUT2D eigenvalue weighted by atomic mass is 9.85. The molecule has 0 unspecified atom stereocenters. The lowest BCUT2D eigenvalue weighted by Crippen LogP contribution is -2.38. The van der Waals surface area contributed by atoms with E-state index in [1.165, 1.54) is 0 Å². The van der Waals surface area contributed by atoms with Gasteiger partial charge in [-0.3, -0.25) is 14.5 Å². The summed E-state index contributed by atoms with van der Waals surface area (Å²) in [5.74, 6) is -1.30. The summed E-state index contributed by atoms with van der Waals surface area (Å²) in [4.78, 5) is 25.0. The van der Waals surface area contributed by atoms with E-state index in [2.05, 4.69) is 0 Å². The number of amides is 2. The largest absolute Gasteiger partial charge is 0.364 e. The molecule has 1 N–H and O–H groups in total. The maximum absolute atomic E-state index is 12.0. The fraction of sp³-hybridized carbons (Fsp3) is 0.636. The van der Waals surface area contributed by atoms with Crippen LogP contribution in [0.2, 0.25) is 0 Å². The number of nitrogens with zero attached hydrogens (tertiary/aromatic N) is 1. The van der Waals surface area contributed by atoms with Crippen LogP contribution in [0.3, 0.4) is 0 Å². The highest BCUT2D eigenvalue weighted by atomic mass is 35.6. The molecule has 0 aromatic heterocycles. The third kappa shape index (κ3) is 3.06. The first-order valence-corrected chi connectivity index (χ1v) is 6.82. The number of ether oxygens (including phenoxy) is 1. The van der Waals surface area contributed by atoms with E-state index in [0.29, 0.717) is 12.8 Å². The molecule has 0 aromatic carbocycles. The number of hydrogen-bond donors (Lipinski definition) is 1. The molecule has 19 heavy (non-hydrogen) atoms. The van der Waals surface area contributed by atoms with Crippen LogP contribution in [0.5, 0.6) is 0 Å². The van der Waals surface area contributed by atoms with Gasteiger partial charge in [-0.15, -0.1) is 0 Å². The second-order valence-corrected chi connectivity index (χ2v) is 6.82. The van der Waals surface area contributed by atoms with Crippen molar-refractivity contribution in [2.45, 2.75) is 22.9 Å². The van der Waals surface area contributed by atoms with E-state index in [4.69, 9.17) is 39.5 Å². The average molecular weight is 329 g/mol. The molecule has 8 heteroatoms. The molecule has 0 aromatic rings. The number of halogens is 3. The number of likely N-dealkylation sites (tertiary alicyclic amines) is 1. The molecule has 1 saturated heterocycles. The van der Waals surface area contributed by atoms with Crippen LogP contribution in [0.15, 0.2) is 12.2 Å². The Kier molecular flexibility index (Phi) is 4.42. The van der Waals surface area contributed by atoms with E-state index < -0.39 is 16.8 Å². The molecular formula is C11H12Cl3NO4. The maximum atomic E-state index is 12.0. The number of carbonyl (C=O) groups excluding carboxylic acids is 2. The highest BCUT2D eigenvalue weighted by Gasteiger charge is 2.47. The van der Waals surface area contributed by atoms with Gasteiger partial charge in [-0.05, 0) is 12.8 Å². The highest BCUT2D eigenvalue weighted by Crippen LogP contribution is 2.36. The van der Waals surface area contributed by atoms with Gasteiger partial charge >= 0.3 is 0 Å². The first kappa shape index (κ1) is 15.1. The van der Waals surface area contributed by atoms with Crippen LogP contribution in [0.1, 0.15) is 12.8 Å². The SMILES string of the molecule is O=C1[C@H]2CC=CC[C@H]2C(=O)N1CO[C@H](O)C(Cl)(Cl)Cl. The summed E-state index contributed by atoms with van der Waals surface area (Å²) in [6.07, 6.45) is 3.14. The number of allylic oxidation sites excluding steroid dienone is 2. The van der Waals surface area contributed by atoms with Crippen LogP contribution in [0, 0.1) is 11.8 Å². The van der Waals surface area contributed by atoms with Crippen molar-refractivity contribution in [3.8, 4) is 0 Å². The van der Waals surface area contributed by atoms with Crippen molar-refractivity contribution in [3.63, 3.8) is 0 Å². The van der Waals surface area contributed by atoms with Gasteiger partial charge < -0.3 is 9.84 Å². The molecule has 5 nitrogen and oxygen atoms in total. The number of hydrogen-bond acceptors (Lipinski definition) is 4. The van der Waals surface area contributed by atoms with Crippen molar-refractivity contribution in [1.82, 2.24) is 4.90 Å². The Labute approximate surface area is 125 Å². The van der Waals surface area contributed by atoms with E-state index in [-0.39, 0.29) is 23.7 Å². The van der Waals surface area contributed by atoms with Gasteiger partial charge in [0.25, 0.3) is 0 Å². The quantitative estimate of drug-likeness (QED) is 0.370. The Hall–Kier alpha value is -0.330. The molecule has 1 aliphatic heterocycles. The number of fused-ring (bicyclic) bond motifs is 1. The molecule has 1 fully saturated rings. The van der Waals surface area contributed by atoms with Gasteiger partial charge in [0, 0.05) is 0 Å². The Morgan fingerprint density at radius 1 is 1.26 bits per heavy atom. The molecule has 3 atom stereocenters. The maximum Gasteiger partial charge on any atom is 0.240 e. The zero-order chi connectivity index (χ0) is 14.2. The summed E-state index contributed by atoms with van der Waals surface area (Å²) in [7, 11) is 0. The molecule has 1 heterocycles. The fourth-order valence-corrected chi connectivity index (χ4v) is 2.42. The van der Waals surface area contributed by atoms with Crippen molar-refractivity contribution in [2.24, 2.45) is 11.8 Å². The van der Waals surface area contributed by atoms with Gasteiger partial charge in [-0.2, -0.15) is 0 Å². The molecule has 1 aliphatic carbocycles. The number of rotatable bonds is 3. The first-order chi connectivity index (χ1) is 8.82. The highest BCUT2D eigenvalue weighted by molar-refractivity contribution is 6.67. The van der Waals surface area contributed by atoms with Gasteiger partial charge in [-0.1, -0.05) is 47.0 Å². The minimum atomic E-state index is -2.03. The van der Waals surface area contributed by atoms with Crippen molar-refractivity contribution >= 4 is 46.6 Å². The molecule has 2 rings (SSSR count). The van der Waals surface area contributed by atoms with Gasteiger partial charge in [0.15, 0.2) is 0 Å². The Morgan fingerprint density at radius 2 is 1.74 bits per heavy atom. The van der Waals surface area contributed by atoms with Gasteiger partial charge in [0.1, 0.15) is 6.73 Å². The molecule has 0 bridgehead atoms. The minimum Gasteiger partial charge on any atom is -0.364 e. The summed E-state index contributed by atoms with van der Waals surface area (Å²) >= 11 is 16.3. The summed E-state index contributed by atoms with van der Waals surface area (Å²) < 4.78 is 2.83. The second kappa shape index (κ2) is 5.58. The van der Waals surface area contributed by atoms with E-state index >= 15 is 0 Å². The van der Waals surface area contributed by atoms with E-state index in [1.54, 1.807) is 0 Å². The number of carbonyl (C=O) groups is 2. The normalized spacial score (nSPS) is 28.7. The Balaban J connectivity index is 1.99. The number of aliphatic hydroxyl groups is 1. The van der Waals surface area contributed by atoms with Crippen molar-refractivity contribution in [3.05, 3.63) is 12.2 Å². The van der Waals surface area contributed by atoms with Gasteiger partial charge in [0.05, 0.1) is 11.8 Å². The molecular weight excluding hydrogens is 316 g/mol. The van der Waals surface area contributed by atoms with Crippen LogP contribution >= 0.6 is 34.8 Å². The monoisotopic (exact) mass is 327 g/mol. The van der Waals surface area contributed by atoms with Gasteiger partial charge in [0.2, 0.25) is 21.9 Å². The Bertz CT molecular complexity index is 395. The lowest BCUT2D eigenvalue weighted by Gasteiger charge is -2.22. The molecule has 0 radical (unpaired) electrons. The van der Waals surface area contributed by atoms with Crippen LogP contribution in [-0.2, 0) is 14.3 Å². The Morgan fingerprint density at radius 3 is 2.16 bits per heavy atom. The smallest absolute Gasteiger partial charge is 0.240 e. The van der Waals surface area contributed by atoms with E-state index in [1.807, 2.05) is 12.2 Å². The molecule has 106 valence electrons. The predicted molar refractivity (Wildman–Crippen MR) is 69.5 cm³/mol. The summed E-state index contributed by atoms with van der Waals surface area (Å²) in [6.45, 7) is -0.417. The minimum absolute atomic E-state index is 0.309. The average Bonchev–Trinajstić information content (AvgIpc) is 2.59. The summed E-state index contributed by atoms with van der Waals surface area (Å²) in [6, 6.07) is 0. The van der Waals surface area contributed by atoms with Crippen molar-refractivity contribution < 1.29 is 19.4 Å². The van der Waals surface area contributed by atoms with Crippen molar-refractivity contribution in [2.75, 3.05) is 6.73 Å². The molecule has 0 saturated carbocycles.